The molecule has 1 saturated carbocycles. The van der Waals surface area contributed by atoms with Gasteiger partial charge in [-0.1, -0.05) is 28.1 Å². The van der Waals surface area contributed by atoms with Gasteiger partial charge in [0.1, 0.15) is 5.41 Å². The maximum absolute atomic E-state index is 11.8. The second kappa shape index (κ2) is 4.39. The van der Waals surface area contributed by atoms with Crippen molar-refractivity contribution in [3.8, 4) is 6.07 Å². The Kier molecular flexibility index (Phi) is 3.11. The molecule has 1 aliphatic carbocycles. The van der Waals surface area contributed by atoms with E-state index < -0.39 is 5.41 Å². The van der Waals surface area contributed by atoms with Gasteiger partial charge < -0.3 is 0 Å². The van der Waals surface area contributed by atoms with Gasteiger partial charge in [0.2, 0.25) is 0 Å². The highest BCUT2D eigenvalue weighted by atomic mass is 79.9. The van der Waals surface area contributed by atoms with Gasteiger partial charge in [0, 0.05) is 10.9 Å². The molecule has 0 heterocycles. The number of ketones is 1. The number of nitrogens with zero attached hydrogens (tertiary/aromatic N) is 1. The van der Waals surface area contributed by atoms with E-state index in [0.29, 0.717) is 19.3 Å². The molecule has 2 rings (SSSR count). The van der Waals surface area contributed by atoms with Crippen LogP contribution in [0, 0.1) is 16.7 Å². The van der Waals surface area contributed by atoms with E-state index in [-0.39, 0.29) is 5.78 Å². The number of benzene rings is 1. The van der Waals surface area contributed by atoms with Crippen molar-refractivity contribution in [1.82, 2.24) is 0 Å². The highest BCUT2D eigenvalue weighted by molar-refractivity contribution is 9.10. The molecule has 0 aromatic heterocycles. The molecular formula is C13H12BrNO. The highest BCUT2D eigenvalue weighted by Gasteiger charge is 2.42. The molecule has 0 amide bonds. The molecule has 1 atom stereocenters. The van der Waals surface area contributed by atoms with Gasteiger partial charge in [0.05, 0.1) is 6.07 Å². The molecule has 0 N–H and O–H groups in total. The van der Waals surface area contributed by atoms with Gasteiger partial charge in [-0.2, -0.15) is 5.26 Å². The van der Waals surface area contributed by atoms with Crippen molar-refractivity contribution in [1.29, 1.82) is 5.26 Å². The van der Waals surface area contributed by atoms with E-state index in [4.69, 9.17) is 0 Å². The summed E-state index contributed by atoms with van der Waals surface area (Å²) in [5.41, 5.74) is 0.299. The zero-order chi connectivity index (χ0) is 11.6. The van der Waals surface area contributed by atoms with Gasteiger partial charge in [-0.05, 0) is 37.0 Å². The number of halogens is 1. The lowest BCUT2D eigenvalue weighted by Gasteiger charge is -2.18. The molecule has 1 aromatic rings. The molecule has 3 heteroatoms. The Bertz CT molecular complexity index is 446. The van der Waals surface area contributed by atoms with Crippen LogP contribution in [0.25, 0.3) is 0 Å². The van der Waals surface area contributed by atoms with Gasteiger partial charge in [-0.3, -0.25) is 4.79 Å². The molecule has 1 aliphatic rings. The number of hydrogen-bond donors (Lipinski definition) is 0. The summed E-state index contributed by atoms with van der Waals surface area (Å²) in [6.07, 6.45) is 2.67. The lowest BCUT2D eigenvalue weighted by atomic mass is 9.81. The van der Waals surface area contributed by atoms with Crippen LogP contribution in [-0.2, 0) is 11.2 Å². The van der Waals surface area contributed by atoms with Crippen molar-refractivity contribution in [2.45, 2.75) is 25.7 Å². The Hall–Kier alpha value is -1.14. The number of rotatable bonds is 2. The Labute approximate surface area is 103 Å². The quantitative estimate of drug-likeness (QED) is 0.833. The zero-order valence-electron chi connectivity index (χ0n) is 8.87. The summed E-state index contributed by atoms with van der Waals surface area (Å²) in [5.74, 6) is 0.109. The van der Waals surface area contributed by atoms with Gasteiger partial charge in [0.25, 0.3) is 0 Å². The molecule has 2 nitrogen and oxygen atoms in total. The largest absolute Gasteiger partial charge is 0.298 e. The van der Waals surface area contributed by atoms with E-state index in [2.05, 4.69) is 22.0 Å². The number of carbonyl (C=O) groups is 1. The van der Waals surface area contributed by atoms with E-state index >= 15 is 0 Å². The van der Waals surface area contributed by atoms with Crippen LogP contribution >= 0.6 is 15.9 Å². The summed E-state index contributed by atoms with van der Waals surface area (Å²) < 4.78 is 1.01. The fraction of sp³-hybridized carbons (Fsp3) is 0.385. The van der Waals surface area contributed by atoms with E-state index in [1.54, 1.807) is 0 Å². The summed E-state index contributed by atoms with van der Waals surface area (Å²) in [4.78, 5) is 11.8. The minimum atomic E-state index is -0.756. The van der Waals surface area contributed by atoms with Gasteiger partial charge in [-0.25, -0.2) is 0 Å². The van der Waals surface area contributed by atoms with Crippen LogP contribution in [0.1, 0.15) is 24.8 Å². The lowest BCUT2D eigenvalue weighted by Crippen LogP contribution is -2.26. The minimum absolute atomic E-state index is 0.109. The molecule has 1 unspecified atom stereocenters. The maximum Gasteiger partial charge on any atom is 0.153 e. The normalized spacial score (nSPS) is 24.4. The van der Waals surface area contributed by atoms with E-state index in [0.717, 1.165) is 16.5 Å². The van der Waals surface area contributed by atoms with Crippen LogP contribution in [0.4, 0.5) is 0 Å². The molecule has 0 aliphatic heterocycles. The SMILES string of the molecule is N#CC1(Cc2ccc(Br)cc2)CCCC1=O. The monoisotopic (exact) mass is 277 g/mol. The molecule has 16 heavy (non-hydrogen) atoms. The second-order valence-corrected chi connectivity index (χ2v) is 5.19. The van der Waals surface area contributed by atoms with Crippen molar-refractivity contribution in [3.05, 3.63) is 34.3 Å². The van der Waals surface area contributed by atoms with E-state index in [9.17, 15) is 10.1 Å². The molecular weight excluding hydrogens is 266 g/mol. The second-order valence-electron chi connectivity index (χ2n) is 4.27. The van der Waals surface area contributed by atoms with Crippen LogP contribution in [0.3, 0.4) is 0 Å². The first-order valence-corrected chi connectivity index (χ1v) is 6.15. The topological polar surface area (TPSA) is 40.9 Å². The van der Waals surface area contributed by atoms with Crippen molar-refractivity contribution in [3.63, 3.8) is 0 Å². The number of Topliss-reactive ketones (excluding diaryl/α,β-unsaturated/α-hetero) is 1. The fourth-order valence-electron chi connectivity index (χ4n) is 2.22. The third kappa shape index (κ3) is 2.03. The summed E-state index contributed by atoms with van der Waals surface area (Å²) >= 11 is 3.37. The molecule has 1 aromatic carbocycles. The Morgan fingerprint density at radius 2 is 2.06 bits per heavy atom. The maximum atomic E-state index is 11.8. The summed E-state index contributed by atoms with van der Waals surface area (Å²) in [5, 5.41) is 9.22. The fourth-order valence-corrected chi connectivity index (χ4v) is 2.49. The average Bonchev–Trinajstić information content (AvgIpc) is 2.64. The van der Waals surface area contributed by atoms with Gasteiger partial charge >= 0.3 is 0 Å². The molecule has 82 valence electrons. The summed E-state index contributed by atoms with van der Waals surface area (Å²) in [6, 6.07) is 10.1. The Balaban J connectivity index is 2.23. The molecule has 0 radical (unpaired) electrons. The Morgan fingerprint density at radius 3 is 2.56 bits per heavy atom. The predicted octanol–water partition coefficient (Wildman–Crippen LogP) is 3.25. The van der Waals surface area contributed by atoms with Crippen molar-refractivity contribution in [2.75, 3.05) is 0 Å². The van der Waals surface area contributed by atoms with E-state index in [1.165, 1.54) is 0 Å². The molecule has 0 saturated heterocycles. The number of carbonyl (C=O) groups excluding carboxylic acids is 1. The molecule has 0 bridgehead atoms. The van der Waals surface area contributed by atoms with Crippen molar-refractivity contribution in [2.24, 2.45) is 5.41 Å². The zero-order valence-corrected chi connectivity index (χ0v) is 10.5. The van der Waals surface area contributed by atoms with Crippen LogP contribution in [0.5, 0.6) is 0 Å². The lowest BCUT2D eigenvalue weighted by molar-refractivity contribution is -0.123. The first kappa shape index (κ1) is 11.3. The molecule has 0 spiro atoms. The smallest absolute Gasteiger partial charge is 0.153 e. The minimum Gasteiger partial charge on any atom is -0.298 e. The summed E-state index contributed by atoms with van der Waals surface area (Å²) in [6.45, 7) is 0. The third-order valence-electron chi connectivity index (χ3n) is 3.17. The van der Waals surface area contributed by atoms with Crippen LogP contribution < -0.4 is 0 Å². The van der Waals surface area contributed by atoms with Crippen LogP contribution in [0.15, 0.2) is 28.7 Å². The molecule has 1 fully saturated rings. The van der Waals surface area contributed by atoms with Crippen LogP contribution in [0.2, 0.25) is 0 Å². The van der Waals surface area contributed by atoms with E-state index in [1.807, 2.05) is 24.3 Å². The van der Waals surface area contributed by atoms with Crippen molar-refractivity contribution < 1.29 is 4.79 Å². The summed E-state index contributed by atoms with van der Waals surface area (Å²) in [7, 11) is 0. The number of hydrogen-bond acceptors (Lipinski definition) is 2. The third-order valence-corrected chi connectivity index (χ3v) is 3.70. The van der Waals surface area contributed by atoms with Crippen LogP contribution in [-0.4, -0.2) is 5.78 Å². The Morgan fingerprint density at radius 1 is 1.38 bits per heavy atom. The standard InChI is InChI=1S/C13H12BrNO/c14-11-5-3-10(4-6-11)8-13(9-15)7-1-2-12(13)16/h3-6H,1-2,7-8H2. The van der Waals surface area contributed by atoms with Gasteiger partial charge in [-0.15, -0.1) is 0 Å². The first-order chi connectivity index (χ1) is 7.66. The first-order valence-electron chi connectivity index (χ1n) is 5.35. The van der Waals surface area contributed by atoms with Crippen molar-refractivity contribution >= 4 is 21.7 Å². The highest BCUT2D eigenvalue weighted by Crippen LogP contribution is 2.37. The average molecular weight is 278 g/mol. The predicted molar refractivity (Wildman–Crippen MR) is 64.8 cm³/mol. The van der Waals surface area contributed by atoms with Gasteiger partial charge in [0.15, 0.2) is 5.78 Å². The number of nitriles is 1.